The van der Waals surface area contributed by atoms with Gasteiger partial charge < -0.3 is 9.55 Å². The van der Waals surface area contributed by atoms with Gasteiger partial charge in [-0.2, -0.15) is 0 Å². The monoisotopic (exact) mass is 409 g/mol. The van der Waals surface area contributed by atoms with Gasteiger partial charge >= 0.3 is 11.1 Å². The fourth-order valence-electron chi connectivity index (χ4n) is 6.92. The minimum absolute atomic E-state index is 0.420. The molecule has 5 rings (SSSR count). The molecule has 2 heterocycles. The standard InChI is InChI=1S/C25H35N3O2/c1-17-6-4-9-20(28(17)21-15-18-7-5-8-19(14-18)16-21)12-13-27-23-11-3-2-10-22(23)26-24(29)25(27)30/h2-3,10-11,17-21H,4-9,12-16H2,1H3,(H,26,29)/t17-,18-,19+,20-,21+/m1/s1. The van der Waals surface area contributed by atoms with Crippen LogP contribution in [0.4, 0.5) is 0 Å². The molecule has 0 unspecified atom stereocenters. The van der Waals surface area contributed by atoms with Crippen LogP contribution in [-0.2, 0) is 6.54 Å². The number of rotatable bonds is 4. The summed E-state index contributed by atoms with van der Waals surface area (Å²) < 4.78 is 1.71. The Morgan fingerprint density at radius 2 is 1.70 bits per heavy atom. The Hall–Kier alpha value is -1.88. The van der Waals surface area contributed by atoms with Gasteiger partial charge in [0, 0.05) is 24.7 Å². The number of aromatic nitrogens is 2. The van der Waals surface area contributed by atoms with Crippen molar-refractivity contribution in [3.63, 3.8) is 0 Å². The minimum atomic E-state index is -0.511. The highest BCUT2D eigenvalue weighted by Gasteiger charge is 2.39. The Balaban J connectivity index is 1.38. The molecule has 0 amide bonds. The molecule has 1 N–H and O–H groups in total. The first kappa shape index (κ1) is 20.0. The number of nitrogens with zero attached hydrogens (tertiary/aromatic N) is 2. The molecule has 2 saturated carbocycles. The molecule has 1 aliphatic heterocycles. The van der Waals surface area contributed by atoms with E-state index in [1.165, 1.54) is 57.8 Å². The van der Waals surface area contributed by atoms with Crippen molar-refractivity contribution in [2.45, 2.75) is 95.8 Å². The van der Waals surface area contributed by atoms with E-state index in [1.54, 1.807) is 4.57 Å². The van der Waals surface area contributed by atoms with Crippen molar-refractivity contribution >= 4 is 11.0 Å². The zero-order valence-electron chi connectivity index (χ0n) is 18.2. The number of fused-ring (bicyclic) bond motifs is 3. The Morgan fingerprint density at radius 1 is 0.967 bits per heavy atom. The fourth-order valence-corrected chi connectivity index (χ4v) is 6.92. The van der Waals surface area contributed by atoms with Gasteiger partial charge in [-0.05, 0) is 69.4 Å². The molecular formula is C25H35N3O2. The van der Waals surface area contributed by atoms with Crippen molar-refractivity contribution in [1.29, 1.82) is 0 Å². The summed E-state index contributed by atoms with van der Waals surface area (Å²) in [5.41, 5.74) is 0.653. The van der Waals surface area contributed by atoms with Crippen LogP contribution >= 0.6 is 0 Å². The van der Waals surface area contributed by atoms with Crippen molar-refractivity contribution < 1.29 is 0 Å². The molecule has 5 heteroatoms. The van der Waals surface area contributed by atoms with Crippen LogP contribution in [0, 0.1) is 11.8 Å². The summed E-state index contributed by atoms with van der Waals surface area (Å²) in [7, 11) is 0. The highest BCUT2D eigenvalue weighted by Crippen LogP contribution is 2.43. The van der Waals surface area contributed by atoms with Gasteiger partial charge in [-0.15, -0.1) is 0 Å². The first-order chi connectivity index (χ1) is 14.6. The maximum absolute atomic E-state index is 12.6. The van der Waals surface area contributed by atoms with E-state index in [9.17, 15) is 9.59 Å². The van der Waals surface area contributed by atoms with E-state index in [4.69, 9.17) is 0 Å². The largest absolute Gasteiger partial charge is 0.316 e. The van der Waals surface area contributed by atoms with Crippen LogP contribution in [0.1, 0.15) is 71.1 Å². The summed E-state index contributed by atoms with van der Waals surface area (Å²) >= 11 is 0. The number of para-hydroxylation sites is 2. The van der Waals surface area contributed by atoms with E-state index >= 15 is 0 Å². The van der Waals surface area contributed by atoms with Crippen LogP contribution in [0.5, 0.6) is 0 Å². The van der Waals surface area contributed by atoms with Crippen molar-refractivity contribution in [1.82, 2.24) is 14.5 Å². The molecule has 0 spiro atoms. The lowest BCUT2D eigenvalue weighted by molar-refractivity contribution is -0.00908. The van der Waals surface area contributed by atoms with Gasteiger partial charge in [0.2, 0.25) is 0 Å². The van der Waals surface area contributed by atoms with E-state index in [0.717, 1.165) is 29.3 Å². The van der Waals surface area contributed by atoms with Crippen LogP contribution in [0.25, 0.3) is 11.0 Å². The molecular weight excluding hydrogens is 374 g/mol. The van der Waals surface area contributed by atoms with Crippen LogP contribution in [0.2, 0.25) is 0 Å². The van der Waals surface area contributed by atoms with Gasteiger partial charge in [-0.1, -0.05) is 37.8 Å². The number of benzene rings is 1. The molecule has 2 aliphatic carbocycles. The lowest BCUT2D eigenvalue weighted by Crippen LogP contribution is -2.54. The van der Waals surface area contributed by atoms with E-state index < -0.39 is 11.1 Å². The number of hydrogen-bond donors (Lipinski definition) is 1. The van der Waals surface area contributed by atoms with Gasteiger partial charge in [0.1, 0.15) is 0 Å². The SMILES string of the molecule is C[C@@H]1CCC[C@H](CCn2c(=O)c(=O)[nH]c3ccccc32)N1[C@H]1C[C@@H]2CCC[C@@H](C2)C1. The molecule has 30 heavy (non-hydrogen) atoms. The number of piperidine rings is 1. The molecule has 5 atom stereocenters. The fraction of sp³-hybridized carbons (Fsp3) is 0.680. The van der Waals surface area contributed by atoms with Gasteiger partial charge in [-0.25, -0.2) is 0 Å². The molecule has 162 valence electrons. The number of aryl methyl sites for hydroxylation is 1. The maximum Gasteiger partial charge on any atom is 0.316 e. The third-order valence-electron chi connectivity index (χ3n) is 8.18. The van der Waals surface area contributed by atoms with Crippen molar-refractivity contribution in [3.8, 4) is 0 Å². The van der Waals surface area contributed by atoms with E-state index in [-0.39, 0.29) is 0 Å². The highest BCUT2D eigenvalue weighted by molar-refractivity contribution is 5.74. The van der Waals surface area contributed by atoms with Gasteiger partial charge in [0.25, 0.3) is 0 Å². The average molecular weight is 410 g/mol. The summed E-state index contributed by atoms with van der Waals surface area (Å²) in [6, 6.07) is 9.51. The summed E-state index contributed by atoms with van der Waals surface area (Å²) in [6.45, 7) is 3.03. The summed E-state index contributed by atoms with van der Waals surface area (Å²) in [6.07, 6.45) is 13.2. The third kappa shape index (κ3) is 3.77. The molecule has 5 nitrogen and oxygen atoms in total. The minimum Gasteiger partial charge on any atom is -0.316 e. The summed E-state index contributed by atoms with van der Waals surface area (Å²) in [5, 5.41) is 0. The lowest BCUT2D eigenvalue weighted by Gasteiger charge is -2.51. The predicted octanol–water partition coefficient (Wildman–Crippen LogP) is 4.29. The van der Waals surface area contributed by atoms with Crippen molar-refractivity contribution in [2.24, 2.45) is 11.8 Å². The predicted molar refractivity (Wildman–Crippen MR) is 121 cm³/mol. The van der Waals surface area contributed by atoms with Crippen LogP contribution in [0.15, 0.2) is 33.9 Å². The van der Waals surface area contributed by atoms with Crippen LogP contribution < -0.4 is 11.1 Å². The summed E-state index contributed by atoms with van der Waals surface area (Å²) in [4.78, 5) is 30.4. The molecule has 1 aromatic carbocycles. The number of hydrogen-bond acceptors (Lipinski definition) is 3. The third-order valence-corrected chi connectivity index (χ3v) is 8.18. The number of H-pyrrole nitrogens is 1. The molecule has 3 fully saturated rings. The van der Waals surface area contributed by atoms with Gasteiger partial charge in [-0.3, -0.25) is 14.5 Å². The van der Waals surface area contributed by atoms with E-state index in [0.29, 0.717) is 24.7 Å². The quantitative estimate of drug-likeness (QED) is 0.767. The second-order valence-corrected chi connectivity index (χ2v) is 10.1. The second-order valence-electron chi connectivity index (χ2n) is 10.1. The van der Waals surface area contributed by atoms with Crippen molar-refractivity contribution in [2.75, 3.05) is 0 Å². The van der Waals surface area contributed by atoms with Crippen LogP contribution in [0.3, 0.4) is 0 Å². The lowest BCUT2D eigenvalue weighted by atomic mass is 9.69. The maximum atomic E-state index is 12.6. The average Bonchev–Trinajstić information content (AvgIpc) is 2.74. The Labute approximate surface area is 178 Å². The number of likely N-dealkylation sites (tertiary alicyclic amines) is 1. The zero-order valence-corrected chi connectivity index (χ0v) is 18.2. The molecule has 3 aliphatic rings. The van der Waals surface area contributed by atoms with Crippen molar-refractivity contribution in [3.05, 3.63) is 45.0 Å². The Kier molecular flexibility index (Phi) is 5.57. The molecule has 2 bridgehead atoms. The summed E-state index contributed by atoms with van der Waals surface area (Å²) in [5.74, 6) is 1.85. The first-order valence-corrected chi connectivity index (χ1v) is 12.1. The van der Waals surface area contributed by atoms with E-state index in [2.05, 4.69) is 16.8 Å². The molecule has 1 saturated heterocycles. The molecule has 2 aromatic rings. The van der Waals surface area contributed by atoms with E-state index in [1.807, 2.05) is 24.3 Å². The highest BCUT2D eigenvalue weighted by atomic mass is 16.2. The van der Waals surface area contributed by atoms with Crippen LogP contribution in [-0.4, -0.2) is 32.6 Å². The number of nitrogens with one attached hydrogen (secondary N) is 1. The molecule has 1 aromatic heterocycles. The normalized spacial score (nSPS) is 32.4. The number of aromatic amines is 1. The smallest absolute Gasteiger partial charge is 0.316 e. The van der Waals surface area contributed by atoms with Gasteiger partial charge in [0.15, 0.2) is 0 Å². The first-order valence-electron chi connectivity index (χ1n) is 12.1. The molecule has 0 radical (unpaired) electrons. The second kappa shape index (κ2) is 8.33. The Morgan fingerprint density at radius 3 is 2.50 bits per heavy atom. The zero-order chi connectivity index (χ0) is 20.7. The van der Waals surface area contributed by atoms with Gasteiger partial charge in [0.05, 0.1) is 11.0 Å². The Bertz CT molecular complexity index is 997. The topological polar surface area (TPSA) is 58.1 Å².